The summed E-state index contributed by atoms with van der Waals surface area (Å²) < 4.78 is 22.9. The molecular weight excluding hydrogens is 244 g/mol. The van der Waals surface area contributed by atoms with Crippen LogP contribution in [0.25, 0.3) is 10.8 Å². The molecule has 0 saturated heterocycles. The second kappa shape index (κ2) is 7.88. The Balaban J connectivity index is 0.000000659. The van der Waals surface area contributed by atoms with E-state index in [4.69, 9.17) is 0 Å². The molecule has 0 heterocycles. The van der Waals surface area contributed by atoms with Crippen molar-refractivity contribution in [2.24, 2.45) is 0 Å². The van der Waals surface area contributed by atoms with Gasteiger partial charge in [0.15, 0.2) is 9.84 Å². The molecule has 0 N–H and O–H groups in total. The van der Waals surface area contributed by atoms with Crippen molar-refractivity contribution in [2.45, 2.75) is 32.6 Å². The predicted octanol–water partition coefficient (Wildman–Crippen LogP) is 4.30. The van der Waals surface area contributed by atoms with E-state index in [9.17, 15) is 8.42 Å². The summed E-state index contributed by atoms with van der Waals surface area (Å²) in [4.78, 5) is 0.399. The average Bonchev–Trinajstić information content (AvgIpc) is 2.41. The molecule has 0 aliphatic heterocycles. The lowest BCUT2D eigenvalue weighted by atomic mass is 10.1. The van der Waals surface area contributed by atoms with Gasteiger partial charge in [0.2, 0.25) is 0 Å². The Morgan fingerprint density at radius 3 is 1.83 bits per heavy atom. The summed E-state index contributed by atoms with van der Waals surface area (Å²) in [5, 5.41) is 1.74. The Morgan fingerprint density at radius 1 is 0.778 bits per heavy atom. The van der Waals surface area contributed by atoms with E-state index in [2.05, 4.69) is 0 Å². The highest BCUT2D eigenvalue weighted by atomic mass is 32.2. The summed E-state index contributed by atoms with van der Waals surface area (Å²) in [6, 6.07) is 12.8. The molecule has 0 fully saturated rings. The zero-order chi connectivity index (χ0) is 14.2. The Hall–Kier alpha value is -1.35. The zero-order valence-corrected chi connectivity index (χ0v) is 12.6. The van der Waals surface area contributed by atoms with Crippen LogP contribution in [0, 0.1) is 0 Å². The number of hydrogen-bond acceptors (Lipinski definition) is 2. The zero-order valence-electron chi connectivity index (χ0n) is 11.8. The Kier molecular flexibility index (Phi) is 7.29. The van der Waals surface area contributed by atoms with E-state index in [1.165, 1.54) is 6.26 Å². The molecular formula is C15H22O2S. The van der Waals surface area contributed by atoms with Gasteiger partial charge in [-0.3, -0.25) is 0 Å². The van der Waals surface area contributed by atoms with Crippen molar-refractivity contribution < 1.29 is 8.42 Å². The Morgan fingerprint density at radius 2 is 1.28 bits per heavy atom. The van der Waals surface area contributed by atoms with Crippen LogP contribution in [-0.4, -0.2) is 14.7 Å². The minimum Gasteiger partial charge on any atom is -0.224 e. The third kappa shape index (κ3) is 4.15. The lowest BCUT2D eigenvalue weighted by Gasteiger charge is -2.03. The van der Waals surface area contributed by atoms with Crippen LogP contribution in [0.4, 0.5) is 0 Å². The van der Waals surface area contributed by atoms with Crippen LogP contribution < -0.4 is 0 Å². The van der Waals surface area contributed by atoms with E-state index in [0.29, 0.717) is 4.90 Å². The monoisotopic (exact) mass is 266 g/mol. The number of benzene rings is 2. The molecule has 18 heavy (non-hydrogen) atoms. The molecule has 0 saturated carbocycles. The Labute approximate surface area is 111 Å². The fourth-order valence-electron chi connectivity index (χ4n) is 1.52. The lowest BCUT2D eigenvalue weighted by Crippen LogP contribution is -1.97. The van der Waals surface area contributed by atoms with E-state index >= 15 is 0 Å². The molecule has 0 atom stereocenters. The van der Waals surface area contributed by atoms with Crippen LogP contribution in [0.1, 0.15) is 27.7 Å². The van der Waals surface area contributed by atoms with Gasteiger partial charge in [-0.2, -0.15) is 0 Å². The highest BCUT2D eigenvalue weighted by Gasteiger charge is 2.09. The highest BCUT2D eigenvalue weighted by Crippen LogP contribution is 2.22. The summed E-state index contributed by atoms with van der Waals surface area (Å²) in [7, 11) is -3.13. The quantitative estimate of drug-likeness (QED) is 0.771. The molecule has 2 nitrogen and oxygen atoms in total. The van der Waals surface area contributed by atoms with Gasteiger partial charge in [-0.1, -0.05) is 64.1 Å². The maximum absolute atomic E-state index is 11.4. The molecule has 0 bridgehead atoms. The van der Waals surface area contributed by atoms with Crippen molar-refractivity contribution in [1.29, 1.82) is 0 Å². The molecule has 100 valence electrons. The van der Waals surface area contributed by atoms with E-state index in [0.717, 1.165) is 10.8 Å². The molecule has 2 rings (SSSR count). The topological polar surface area (TPSA) is 34.1 Å². The molecule has 2 aromatic carbocycles. The SMILES string of the molecule is CC.CC.CS(=O)(=O)c1cccc2ccccc12. The molecule has 0 radical (unpaired) electrons. The smallest absolute Gasteiger partial charge is 0.176 e. The van der Waals surface area contributed by atoms with Crippen LogP contribution in [0.2, 0.25) is 0 Å². The normalized spacial score (nSPS) is 9.83. The third-order valence-corrected chi connectivity index (χ3v) is 3.30. The minimum absolute atomic E-state index is 0.399. The van der Waals surface area contributed by atoms with Gasteiger partial charge in [-0.25, -0.2) is 8.42 Å². The van der Waals surface area contributed by atoms with Crippen molar-refractivity contribution in [2.75, 3.05) is 6.26 Å². The standard InChI is InChI=1S/C11H10O2S.2C2H6/c1-14(12,13)11-8-4-6-9-5-2-3-7-10(9)11;2*1-2/h2-8H,1H3;2*1-2H3. The van der Waals surface area contributed by atoms with Gasteiger partial charge in [0.1, 0.15) is 0 Å². The minimum atomic E-state index is -3.13. The molecule has 3 heteroatoms. The van der Waals surface area contributed by atoms with E-state index in [-0.39, 0.29) is 0 Å². The van der Waals surface area contributed by atoms with Gasteiger partial charge in [-0.15, -0.1) is 0 Å². The van der Waals surface area contributed by atoms with Crippen LogP contribution in [-0.2, 0) is 9.84 Å². The van der Waals surface area contributed by atoms with Gasteiger partial charge < -0.3 is 0 Å². The molecule has 0 aliphatic carbocycles. The first-order valence-electron chi connectivity index (χ1n) is 6.27. The highest BCUT2D eigenvalue weighted by molar-refractivity contribution is 7.91. The number of hydrogen-bond donors (Lipinski definition) is 0. The number of rotatable bonds is 1. The fourth-order valence-corrected chi connectivity index (χ4v) is 2.43. The Bertz CT molecular complexity index is 567. The first kappa shape index (κ1) is 16.6. The second-order valence-corrected chi connectivity index (χ2v) is 5.23. The summed E-state index contributed by atoms with van der Waals surface area (Å²) >= 11 is 0. The van der Waals surface area contributed by atoms with Crippen LogP contribution in [0.5, 0.6) is 0 Å². The fraction of sp³-hybridized carbons (Fsp3) is 0.333. The van der Waals surface area contributed by atoms with Crippen LogP contribution >= 0.6 is 0 Å². The number of sulfone groups is 1. The molecule has 0 aromatic heterocycles. The first-order chi connectivity index (χ1) is 8.59. The van der Waals surface area contributed by atoms with Gasteiger partial charge >= 0.3 is 0 Å². The van der Waals surface area contributed by atoms with Crippen LogP contribution in [0.3, 0.4) is 0 Å². The maximum atomic E-state index is 11.4. The lowest BCUT2D eigenvalue weighted by molar-refractivity contribution is 0.602. The van der Waals surface area contributed by atoms with Crippen molar-refractivity contribution in [3.63, 3.8) is 0 Å². The summed E-state index contributed by atoms with van der Waals surface area (Å²) in [6.07, 6.45) is 1.23. The summed E-state index contributed by atoms with van der Waals surface area (Å²) in [6.45, 7) is 8.00. The number of fused-ring (bicyclic) bond motifs is 1. The molecule has 0 amide bonds. The van der Waals surface area contributed by atoms with Crippen molar-refractivity contribution in [3.05, 3.63) is 42.5 Å². The van der Waals surface area contributed by atoms with Crippen molar-refractivity contribution in [1.82, 2.24) is 0 Å². The van der Waals surface area contributed by atoms with Gasteiger partial charge in [-0.05, 0) is 11.5 Å². The van der Waals surface area contributed by atoms with E-state index in [1.54, 1.807) is 12.1 Å². The maximum Gasteiger partial charge on any atom is 0.176 e. The molecule has 0 spiro atoms. The van der Waals surface area contributed by atoms with Gasteiger partial charge in [0, 0.05) is 11.6 Å². The van der Waals surface area contributed by atoms with E-state index < -0.39 is 9.84 Å². The molecule has 0 aliphatic rings. The third-order valence-electron chi connectivity index (χ3n) is 2.15. The molecule has 2 aromatic rings. The van der Waals surface area contributed by atoms with Crippen LogP contribution in [0.15, 0.2) is 47.4 Å². The first-order valence-corrected chi connectivity index (χ1v) is 8.16. The van der Waals surface area contributed by atoms with Crippen molar-refractivity contribution >= 4 is 20.6 Å². The molecule has 0 unspecified atom stereocenters. The van der Waals surface area contributed by atoms with Crippen molar-refractivity contribution in [3.8, 4) is 0 Å². The van der Waals surface area contributed by atoms with Gasteiger partial charge in [0.05, 0.1) is 4.90 Å². The largest absolute Gasteiger partial charge is 0.224 e. The second-order valence-electron chi connectivity index (χ2n) is 3.25. The predicted molar refractivity (Wildman–Crippen MR) is 79.8 cm³/mol. The summed E-state index contributed by atoms with van der Waals surface area (Å²) in [5.74, 6) is 0. The van der Waals surface area contributed by atoms with E-state index in [1.807, 2.05) is 58.0 Å². The van der Waals surface area contributed by atoms with Gasteiger partial charge in [0.25, 0.3) is 0 Å². The average molecular weight is 266 g/mol. The summed E-state index contributed by atoms with van der Waals surface area (Å²) in [5.41, 5.74) is 0.